The summed E-state index contributed by atoms with van der Waals surface area (Å²) in [5, 5.41) is 0. The van der Waals surface area contributed by atoms with Crippen molar-refractivity contribution in [2.24, 2.45) is 0 Å². The molecule has 138 valence electrons. The zero-order valence-corrected chi connectivity index (χ0v) is 14.8. The number of imide groups is 1. The van der Waals surface area contributed by atoms with E-state index in [-0.39, 0.29) is 25.0 Å². The van der Waals surface area contributed by atoms with Crippen molar-refractivity contribution in [3.05, 3.63) is 59.3 Å². The van der Waals surface area contributed by atoms with Gasteiger partial charge in [0.2, 0.25) is 0 Å². The number of carbonyl (C=O) groups excluding carboxylic acids is 3. The van der Waals surface area contributed by atoms with Crippen LogP contribution >= 0.6 is 0 Å². The number of carbonyl (C=O) groups is 3. The van der Waals surface area contributed by atoms with Gasteiger partial charge in [0.1, 0.15) is 18.0 Å². The van der Waals surface area contributed by atoms with E-state index in [1.165, 1.54) is 0 Å². The molecule has 0 unspecified atom stereocenters. The van der Waals surface area contributed by atoms with Gasteiger partial charge in [-0.15, -0.1) is 0 Å². The summed E-state index contributed by atoms with van der Waals surface area (Å²) in [5.74, 6) is -0.584. The first-order valence-electron chi connectivity index (χ1n) is 8.99. The Kier molecular flexibility index (Phi) is 4.58. The third kappa shape index (κ3) is 3.16. The van der Waals surface area contributed by atoms with Crippen molar-refractivity contribution in [3.63, 3.8) is 0 Å². The highest BCUT2D eigenvalue weighted by Crippen LogP contribution is 2.24. The normalized spacial score (nSPS) is 16.0. The maximum Gasteiger partial charge on any atom is 0.341 e. The summed E-state index contributed by atoms with van der Waals surface area (Å²) in [5.41, 5.74) is 1.18. The molecular weight excluding hydrogens is 346 g/mol. The van der Waals surface area contributed by atoms with Crippen molar-refractivity contribution < 1.29 is 19.1 Å². The lowest BCUT2D eigenvalue weighted by atomic mass is 10.1. The Morgan fingerprint density at radius 2 is 1.67 bits per heavy atom. The first-order chi connectivity index (χ1) is 13.2. The topological polar surface area (TPSA) is 79.8 Å². The molecule has 1 fully saturated rings. The fourth-order valence-corrected chi connectivity index (χ4v) is 3.49. The summed E-state index contributed by atoms with van der Waals surface area (Å²) < 4.78 is 5.33. The van der Waals surface area contributed by atoms with Crippen LogP contribution in [0.2, 0.25) is 0 Å². The van der Waals surface area contributed by atoms with E-state index >= 15 is 0 Å². The zero-order chi connectivity index (χ0) is 18.8. The molecule has 0 saturated carbocycles. The first-order valence-corrected chi connectivity index (χ1v) is 8.99. The third-order valence-electron chi connectivity index (χ3n) is 4.84. The van der Waals surface area contributed by atoms with E-state index < -0.39 is 5.97 Å². The highest BCUT2D eigenvalue weighted by molar-refractivity contribution is 6.21. The van der Waals surface area contributed by atoms with Gasteiger partial charge in [0, 0.05) is 19.3 Å². The summed E-state index contributed by atoms with van der Waals surface area (Å²) in [7, 11) is 0. The molecule has 0 N–H and O–H groups in total. The maximum atomic E-state index is 12.5. The van der Waals surface area contributed by atoms with Crippen LogP contribution in [0.3, 0.4) is 0 Å². The Balaban J connectivity index is 1.40. The highest BCUT2D eigenvalue weighted by Gasteiger charge is 2.35. The number of fused-ring (bicyclic) bond motifs is 1. The number of pyridine rings is 1. The number of benzene rings is 1. The van der Waals surface area contributed by atoms with Crippen LogP contribution in [0.5, 0.6) is 0 Å². The van der Waals surface area contributed by atoms with Crippen molar-refractivity contribution in [1.82, 2.24) is 9.88 Å². The monoisotopic (exact) mass is 365 g/mol. The molecule has 3 heterocycles. The van der Waals surface area contributed by atoms with Gasteiger partial charge in [0.25, 0.3) is 11.8 Å². The lowest BCUT2D eigenvalue weighted by Crippen LogP contribution is -2.33. The van der Waals surface area contributed by atoms with Crippen LogP contribution < -0.4 is 4.90 Å². The number of nitrogens with zero attached hydrogens (tertiary/aromatic N) is 3. The summed E-state index contributed by atoms with van der Waals surface area (Å²) in [6.45, 7) is 1.70. The van der Waals surface area contributed by atoms with Gasteiger partial charge in [-0.05, 0) is 37.1 Å². The van der Waals surface area contributed by atoms with E-state index in [1.54, 1.807) is 42.6 Å². The Morgan fingerprint density at radius 1 is 1.00 bits per heavy atom. The number of esters is 1. The van der Waals surface area contributed by atoms with Gasteiger partial charge < -0.3 is 9.64 Å². The van der Waals surface area contributed by atoms with Crippen molar-refractivity contribution in [1.29, 1.82) is 0 Å². The van der Waals surface area contributed by atoms with Crippen LogP contribution in [0.1, 0.15) is 43.9 Å². The summed E-state index contributed by atoms with van der Waals surface area (Å²) in [6, 6.07) is 10.1. The predicted molar refractivity (Wildman–Crippen MR) is 97.8 cm³/mol. The molecule has 1 aromatic heterocycles. The van der Waals surface area contributed by atoms with Crippen molar-refractivity contribution in [3.8, 4) is 0 Å². The number of amides is 2. The standard InChI is InChI=1S/C20H19N3O4/c24-18-14-6-1-2-7-15(14)19(25)23(18)12-13-27-20(26)16-8-5-9-21-17(16)22-10-3-4-11-22/h1-2,5-9H,3-4,10-13H2. The zero-order valence-electron chi connectivity index (χ0n) is 14.8. The average Bonchev–Trinajstić information content (AvgIpc) is 3.32. The van der Waals surface area contributed by atoms with Gasteiger partial charge in [0.15, 0.2) is 0 Å². The molecule has 7 nitrogen and oxygen atoms in total. The van der Waals surface area contributed by atoms with Gasteiger partial charge in [-0.3, -0.25) is 14.5 Å². The lowest BCUT2D eigenvalue weighted by molar-refractivity contribution is 0.0420. The van der Waals surface area contributed by atoms with Gasteiger partial charge in [-0.25, -0.2) is 9.78 Å². The molecule has 2 amide bonds. The Bertz CT molecular complexity index is 871. The van der Waals surface area contributed by atoms with Crippen molar-refractivity contribution in [2.75, 3.05) is 31.1 Å². The molecule has 0 bridgehead atoms. The molecule has 2 aliphatic heterocycles. The average molecular weight is 365 g/mol. The van der Waals surface area contributed by atoms with Crippen molar-refractivity contribution >= 4 is 23.6 Å². The van der Waals surface area contributed by atoms with Gasteiger partial charge in [0.05, 0.1) is 17.7 Å². The van der Waals surface area contributed by atoms with E-state index in [0.29, 0.717) is 22.5 Å². The van der Waals surface area contributed by atoms with Gasteiger partial charge in [-0.2, -0.15) is 0 Å². The molecule has 0 atom stereocenters. The SMILES string of the molecule is O=C(OCCN1C(=O)c2ccccc2C1=O)c1cccnc1N1CCCC1. The number of hydrogen-bond acceptors (Lipinski definition) is 6. The van der Waals surface area contributed by atoms with Crippen LogP contribution in [-0.4, -0.2) is 53.9 Å². The first kappa shape index (κ1) is 17.2. The fourth-order valence-electron chi connectivity index (χ4n) is 3.49. The number of rotatable bonds is 5. The van der Waals surface area contributed by atoms with Crippen LogP contribution in [0.4, 0.5) is 5.82 Å². The van der Waals surface area contributed by atoms with Gasteiger partial charge >= 0.3 is 5.97 Å². The maximum absolute atomic E-state index is 12.5. The molecule has 0 radical (unpaired) electrons. The second-order valence-electron chi connectivity index (χ2n) is 6.51. The van der Waals surface area contributed by atoms with E-state index in [0.717, 1.165) is 30.8 Å². The molecule has 27 heavy (non-hydrogen) atoms. The quantitative estimate of drug-likeness (QED) is 0.597. The second kappa shape index (κ2) is 7.19. The van der Waals surface area contributed by atoms with E-state index in [4.69, 9.17) is 4.74 Å². The number of anilines is 1. The summed E-state index contributed by atoms with van der Waals surface area (Å²) >= 11 is 0. The summed E-state index contributed by atoms with van der Waals surface area (Å²) in [6.07, 6.45) is 3.80. The fraction of sp³-hybridized carbons (Fsp3) is 0.300. The van der Waals surface area contributed by atoms with Crippen LogP contribution in [0.15, 0.2) is 42.6 Å². The van der Waals surface area contributed by atoms with Crippen LogP contribution in [0, 0.1) is 0 Å². The molecule has 7 heteroatoms. The number of hydrogen-bond donors (Lipinski definition) is 0. The minimum absolute atomic E-state index is 0.0252. The highest BCUT2D eigenvalue weighted by atomic mass is 16.5. The minimum atomic E-state index is -0.499. The number of ether oxygens (including phenoxy) is 1. The van der Waals surface area contributed by atoms with E-state index in [1.807, 2.05) is 0 Å². The third-order valence-corrected chi connectivity index (χ3v) is 4.84. The Hall–Kier alpha value is -3.22. The minimum Gasteiger partial charge on any atom is -0.460 e. The smallest absolute Gasteiger partial charge is 0.341 e. The lowest BCUT2D eigenvalue weighted by Gasteiger charge is -2.19. The second-order valence-corrected chi connectivity index (χ2v) is 6.51. The van der Waals surface area contributed by atoms with Crippen LogP contribution in [0.25, 0.3) is 0 Å². The molecule has 0 spiro atoms. The Morgan fingerprint density at radius 3 is 2.33 bits per heavy atom. The molecule has 1 saturated heterocycles. The van der Waals surface area contributed by atoms with E-state index in [9.17, 15) is 14.4 Å². The Labute approximate surface area is 156 Å². The number of aromatic nitrogens is 1. The molecule has 0 aliphatic carbocycles. The van der Waals surface area contributed by atoms with E-state index in [2.05, 4.69) is 9.88 Å². The molecule has 2 aromatic rings. The molecular formula is C20H19N3O4. The summed E-state index contributed by atoms with van der Waals surface area (Å²) in [4.78, 5) is 44.7. The van der Waals surface area contributed by atoms with Crippen molar-refractivity contribution in [2.45, 2.75) is 12.8 Å². The van der Waals surface area contributed by atoms with Gasteiger partial charge in [-0.1, -0.05) is 12.1 Å². The molecule has 4 rings (SSSR count). The molecule has 2 aliphatic rings. The predicted octanol–water partition coefficient (Wildman–Crippen LogP) is 2.13. The largest absolute Gasteiger partial charge is 0.460 e. The molecule has 1 aromatic carbocycles. The van der Waals surface area contributed by atoms with Crippen LogP contribution in [-0.2, 0) is 4.74 Å².